The minimum Gasteiger partial charge on any atom is -0.492 e. The van der Waals surface area contributed by atoms with Gasteiger partial charge in [-0.1, -0.05) is 6.07 Å². The third kappa shape index (κ3) is 2.63. The van der Waals surface area contributed by atoms with Gasteiger partial charge in [0.25, 0.3) is 10.0 Å². The van der Waals surface area contributed by atoms with Crippen molar-refractivity contribution in [2.45, 2.75) is 25.7 Å². The van der Waals surface area contributed by atoms with E-state index in [1.54, 1.807) is 19.1 Å². The molecular formula is C13H16N2O3S. The number of rotatable bonds is 4. The highest BCUT2D eigenvalue weighted by molar-refractivity contribution is 7.90. The zero-order valence-electron chi connectivity index (χ0n) is 11.1. The Morgan fingerprint density at radius 3 is 2.63 bits per heavy atom. The van der Waals surface area contributed by atoms with Gasteiger partial charge in [0, 0.05) is 6.20 Å². The molecule has 6 heteroatoms. The van der Waals surface area contributed by atoms with Crippen molar-refractivity contribution in [2.75, 3.05) is 6.61 Å². The van der Waals surface area contributed by atoms with Gasteiger partial charge >= 0.3 is 0 Å². The van der Waals surface area contributed by atoms with Crippen LogP contribution in [-0.4, -0.2) is 24.0 Å². The van der Waals surface area contributed by atoms with Gasteiger partial charge in [0.15, 0.2) is 0 Å². The van der Waals surface area contributed by atoms with Gasteiger partial charge in [0.05, 0.1) is 12.3 Å². The van der Waals surface area contributed by atoms with Crippen molar-refractivity contribution in [3.63, 3.8) is 0 Å². The monoisotopic (exact) mass is 280 g/mol. The molecule has 0 bridgehead atoms. The van der Waals surface area contributed by atoms with Crippen molar-refractivity contribution in [1.29, 1.82) is 0 Å². The number of imidazole rings is 1. The van der Waals surface area contributed by atoms with Gasteiger partial charge in [-0.3, -0.25) is 0 Å². The molecule has 0 aliphatic carbocycles. The van der Waals surface area contributed by atoms with Gasteiger partial charge < -0.3 is 4.74 Å². The Labute approximate surface area is 112 Å². The van der Waals surface area contributed by atoms with Crippen LogP contribution in [0.3, 0.4) is 0 Å². The molecule has 1 aromatic carbocycles. The summed E-state index contributed by atoms with van der Waals surface area (Å²) < 4.78 is 31.6. The van der Waals surface area contributed by atoms with Gasteiger partial charge in [0.2, 0.25) is 0 Å². The summed E-state index contributed by atoms with van der Waals surface area (Å²) in [6.07, 6.45) is 2.77. The summed E-state index contributed by atoms with van der Waals surface area (Å²) in [6, 6.07) is 5.11. The lowest BCUT2D eigenvalue weighted by atomic mass is 10.2. The number of aryl methyl sites for hydroxylation is 2. The first kappa shape index (κ1) is 13.6. The molecule has 0 spiro atoms. The molecule has 0 atom stereocenters. The minimum absolute atomic E-state index is 0.159. The Bertz CT molecular complexity index is 690. The predicted octanol–water partition coefficient (Wildman–Crippen LogP) is 2.14. The topological polar surface area (TPSA) is 61.2 Å². The van der Waals surface area contributed by atoms with Gasteiger partial charge in [-0.2, -0.15) is 0 Å². The van der Waals surface area contributed by atoms with E-state index in [1.165, 1.54) is 12.5 Å². The first-order valence-corrected chi connectivity index (χ1v) is 7.38. The smallest absolute Gasteiger partial charge is 0.272 e. The molecular weight excluding hydrogens is 264 g/mol. The Kier molecular flexibility index (Phi) is 3.61. The molecule has 5 nitrogen and oxygen atoms in total. The van der Waals surface area contributed by atoms with E-state index >= 15 is 0 Å². The Morgan fingerprint density at radius 2 is 2.05 bits per heavy atom. The largest absolute Gasteiger partial charge is 0.492 e. The number of ether oxygens (including phenoxy) is 1. The first-order valence-electron chi connectivity index (χ1n) is 5.94. The summed E-state index contributed by atoms with van der Waals surface area (Å²) in [5, 5.41) is 0. The fourth-order valence-electron chi connectivity index (χ4n) is 1.74. The lowest BCUT2D eigenvalue weighted by Gasteiger charge is -2.12. The van der Waals surface area contributed by atoms with Crippen LogP contribution in [0.15, 0.2) is 35.6 Å². The molecule has 1 heterocycles. The van der Waals surface area contributed by atoms with Gasteiger partial charge in [-0.15, -0.1) is 0 Å². The number of hydrogen-bond donors (Lipinski definition) is 0. The van der Waals surface area contributed by atoms with E-state index in [0.29, 0.717) is 18.1 Å². The highest BCUT2D eigenvalue weighted by Gasteiger charge is 2.22. The van der Waals surface area contributed by atoms with Crippen molar-refractivity contribution in [3.05, 3.63) is 42.0 Å². The van der Waals surface area contributed by atoms with E-state index in [4.69, 9.17) is 4.74 Å². The Morgan fingerprint density at radius 1 is 1.32 bits per heavy atom. The molecule has 0 saturated carbocycles. The second-order valence-electron chi connectivity index (χ2n) is 4.23. The molecule has 2 aromatic rings. The van der Waals surface area contributed by atoms with Crippen molar-refractivity contribution >= 4 is 10.0 Å². The van der Waals surface area contributed by atoms with Crippen LogP contribution in [0.25, 0.3) is 0 Å². The maximum absolute atomic E-state index is 12.5. The van der Waals surface area contributed by atoms with Crippen LogP contribution in [-0.2, 0) is 10.0 Å². The van der Waals surface area contributed by atoms with Gasteiger partial charge in [-0.05, 0) is 38.5 Å². The molecule has 102 valence electrons. The minimum atomic E-state index is -3.66. The summed E-state index contributed by atoms with van der Waals surface area (Å²) in [5.41, 5.74) is 1.51. The summed E-state index contributed by atoms with van der Waals surface area (Å²) in [5.74, 6) is 0.361. The molecule has 0 unspecified atom stereocenters. The highest BCUT2D eigenvalue weighted by atomic mass is 32.2. The zero-order valence-corrected chi connectivity index (χ0v) is 11.9. The summed E-state index contributed by atoms with van der Waals surface area (Å²) in [7, 11) is -3.66. The lowest BCUT2D eigenvalue weighted by Crippen LogP contribution is -2.13. The Balaban J connectivity index is 2.59. The lowest BCUT2D eigenvalue weighted by molar-refractivity contribution is 0.331. The number of hydrogen-bond acceptors (Lipinski definition) is 4. The molecule has 1 aromatic heterocycles. The molecule has 19 heavy (non-hydrogen) atoms. The summed E-state index contributed by atoms with van der Waals surface area (Å²) in [4.78, 5) is 4.11. The van der Waals surface area contributed by atoms with Crippen molar-refractivity contribution in [3.8, 4) is 5.75 Å². The standard InChI is InChI=1S/C13H16N2O3S/c1-4-18-12-6-5-10(2)7-13(12)19(16,17)15-8-11(3)14-9-15/h5-9H,4H2,1-3H3. The quantitative estimate of drug-likeness (QED) is 0.861. The molecule has 0 N–H and O–H groups in total. The van der Waals surface area contributed by atoms with Crippen LogP contribution in [0.2, 0.25) is 0 Å². The molecule has 0 aliphatic heterocycles. The average molecular weight is 280 g/mol. The maximum atomic E-state index is 12.5. The normalized spacial score (nSPS) is 11.5. The van der Waals surface area contributed by atoms with Gasteiger partial charge in [-0.25, -0.2) is 17.4 Å². The third-order valence-electron chi connectivity index (χ3n) is 2.64. The molecule has 0 aliphatic rings. The molecule has 0 saturated heterocycles. The maximum Gasteiger partial charge on any atom is 0.272 e. The Hall–Kier alpha value is -1.82. The van der Waals surface area contributed by atoms with Crippen LogP contribution in [0.5, 0.6) is 5.75 Å². The SMILES string of the molecule is CCOc1ccc(C)cc1S(=O)(=O)n1cnc(C)c1. The van der Waals surface area contributed by atoms with Crippen molar-refractivity contribution in [2.24, 2.45) is 0 Å². The summed E-state index contributed by atoms with van der Waals surface area (Å²) >= 11 is 0. The second kappa shape index (κ2) is 5.05. The van der Waals surface area contributed by atoms with Crippen molar-refractivity contribution < 1.29 is 13.2 Å². The van der Waals surface area contributed by atoms with E-state index in [9.17, 15) is 8.42 Å². The number of nitrogens with zero attached hydrogens (tertiary/aromatic N) is 2. The predicted molar refractivity (Wildman–Crippen MR) is 71.9 cm³/mol. The second-order valence-corrected chi connectivity index (χ2v) is 6.04. The van der Waals surface area contributed by atoms with Crippen LogP contribution >= 0.6 is 0 Å². The molecule has 0 fully saturated rings. The van der Waals surface area contributed by atoms with E-state index in [0.717, 1.165) is 9.54 Å². The van der Waals surface area contributed by atoms with Crippen LogP contribution in [0.4, 0.5) is 0 Å². The van der Waals surface area contributed by atoms with Crippen molar-refractivity contribution in [1.82, 2.24) is 8.96 Å². The molecule has 0 amide bonds. The van der Waals surface area contributed by atoms with Crippen LogP contribution in [0.1, 0.15) is 18.2 Å². The number of benzene rings is 1. The first-order chi connectivity index (χ1) is 8.95. The van der Waals surface area contributed by atoms with E-state index in [2.05, 4.69) is 4.98 Å². The average Bonchev–Trinajstić information content (AvgIpc) is 2.79. The number of aromatic nitrogens is 2. The molecule has 0 radical (unpaired) electrons. The van der Waals surface area contributed by atoms with Crippen LogP contribution in [0, 0.1) is 13.8 Å². The third-order valence-corrected chi connectivity index (χ3v) is 4.27. The zero-order chi connectivity index (χ0) is 14.0. The van der Waals surface area contributed by atoms with Crippen LogP contribution < -0.4 is 4.74 Å². The molecule has 2 rings (SSSR count). The summed E-state index contributed by atoms with van der Waals surface area (Å²) in [6.45, 7) is 5.81. The van der Waals surface area contributed by atoms with E-state index in [1.807, 2.05) is 19.9 Å². The van der Waals surface area contributed by atoms with E-state index in [-0.39, 0.29) is 4.90 Å². The fraction of sp³-hybridized carbons (Fsp3) is 0.308. The van der Waals surface area contributed by atoms with E-state index < -0.39 is 10.0 Å². The fourth-order valence-corrected chi connectivity index (χ4v) is 3.14. The highest BCUT2D eigenvalue weighted by Crippen LogP contribution is 2.27. The van der Waals surface area contributed by atoms with Gasteiger partial charge in [0.1, 0.15) is 17.0 Å².